The molecule has 106 valence electrons. The molecule has 0 spiro atoms. The fourth-order valence-electron chi connectivity index (χ4n) is 1.93. The number of rotatable bonds is 4. The van der Waals surface area contributed by atoms with Crippen molar-refractivity contribution in [3.05, 3.63) is 48.0 Å². The third-order valence-corrected chi connectivity index (χ3v) is 2.89. The van der Waals surface area contributed by atoms with Crippen molar-refractivity contribution in [2.24, 2.45) is 0 Å². The molecule has 1 heterocycles. The van der Waals surface area contributed by atoms with Crippen LogP contribution in [0.2, 0.25) is 0 Å². The first-order chi connectivity index (χ1) is 10.2. The summed E-state index contributed by atoms with van der Waals surface area (Å²) in [6.07, 6.45) is -0.0387. The predicted molar refractivity (Wildman–Crippen MR) is 74.0 cm³/mol. The molecule has 0 saturated carbocycles. The minimum atomic E-state index is -1.12. The number of benzene rings is 2. The fourth-order valence-corrected chi connectivity index (χ4v) is 1.93. The van der Waals surface area contributed by atoms with Crippen LogP contribution in [0, 0.1) is 0 Å². The number of aromatic nitrogens is 1. The number of fused-ring (bicyclic) bond motifs is 1. The Hall–Kier alpha value is -3.02. The van der Waals surface area contributed by atoms with E-state index in [1.807, 2.05) is 12.1 Å². The summed E-state index contributed by atoms with van der Waals surface area (Å²) in [7, 11) is 1.43. The fraction of sp³-hybridized carbons (Fsp3) is 0.0667. The zero-order chi connectivity index (χ0) is 14.8. The van der Waals surface area contributed by atoms with E-state index in [9.17, 15) is 9.90 Å². The molecular weight excluding hydrogens is 274 g/mol. The summed E-state index contributed by atoms with van der Waals surface area (Å²) < 4.78 is 16.0. The first kappa shape index (κ1) is 13.0. The van der Waals surface area contributed by atoms with E-state index in [0.717, 1.165) is 0 Å². The maximum absolute atomic E-state index is 11.3. The van der Waals surface area contributed by atoms with Crippen molar-refractivity contribution in [3.63, 3.8) is 0 Å². The number of oxazole rings is 1. The molecule has 0 aliphatic carbocycles. The summed E-state index contributed by atoms with van der Waals surface area (Å²) in [4.78, 5) is 15.4. The van der Waals surface area contributed by atoms with Gasteiger partial charge in [-0.25, -0.2) is 4.79 Å². The number of hydrogen-bond donors (Lipinski definition) is 1. The highest BCUT2D eigenvalue weighted by molar-refractivity contribution is 5.92. The van der Waals surface area contributed by atoms with E-state index in [-0.39, 0.29) is 23.1 Å². The molecule has 0 aliphatic heterocycles. The lowest BCUT2D eigenvalue weighted by molar-refractivity contribution is 0.0693. The number of nitrogens with zero attached hydrogens (tertiary/aromatic N) is 1. The third-order valence-electron chi connectivity index (χ3n) is 2.89. The molecule has 0 radical (unpaired) electrons. The Morgan fingerprint density at radius 2 is 2.00 bits per heavy atom. The highest BCUT2D eigenvalue weighted by Crippen LogP contribution is 2.35. The molecule has 21 heavy (non-hydrogen) atoms. The molecule has 6 nitrogen and oxygen atoms in total. The number of hydrogen-bond acceptors (Lipinski definition) is 5. The van der Waals surface area contributed by atoms with Crippen LogP contribution in [0.25, 0.3) is 11.1 Å². The average molecular weight is 285 g/mol. The standard InChI is InChI=1S/C15H11NO5/c1-19-12-8-4-5-9(14(17)18)13(12)21-15-16-10-6-2-3-7-11(10)20-15/h2-8H,1H3,(H,17,18). The van der Waals surface area contributed by atoms with E-state index in [2.05, 4.69) is 4.98 Å². The van der Waals surface area contributed by atoms with Crippen molar-refractivity contribution >= 4 is 17.1 Å². The van der Waals surface area contributed by atoms with Gasteiger partial charge in [0.2, 0.25) is 0 Å². The molecule has 3 aromatic rings. The Morgan fingerprint density at radius 1 is 1.19 bits per heavy atom. The molecule has 0 amide bonds. The van der Waals surface area contributed by atoms with Crippen LogP contribution in [-0.4, -0.2) is 23.2 Å². The lowest BCUT2D eigenvalue weighted by Gasteiger charge is -2.09. The molecular formula is C15H11NO5. The van der Waals surface area contributed by atoms with Crippen LogP contribution in [0.15, 0.2) is 46.9 Å². The molecule has 3 rings (SSSR count). The number of ether oxygens (including phenoxy) is 2. The quantitative estimate of drug-likeness (QED) is 0.791. The Bertz CT molecular complexity index is 776. The highest BCUT2D eigenvalue weighted by Gasteiger charge is 2.19. The van der Waals surface area contributed by atoms with E-state index in [4.69, 9.17) is 13.9 Å². The van der Waals surface area contributed by atoms with Crippen LogP contribution >= 0.6 is 0 Å². The second kappa shape index (κ2) is 5.16. The third kappa shape index (κ3) is 2.38. The summed E-state index contributed by atoms with van der Waals surface area (Å²) >= 11 is 0. The van der Waals surface area contributed by atoms with Gasteiger partial charge in [-0.2, -0.15) is 4.98 Å². The van der Waals surface area contributed by atoms with Gasteiger partial charge in [0, 0.05) is 0 Å². The van der Waals surface area contributed by atoms with Crippen LogP contribution in [-0.2, 0) is 0 Å². The van der Waals surface area contributed by atoms with Crippen LogP contribution in [0.4, 0.5) is 0 Å². The smallest absolute Gasteiger partial charge is 0.400 e. The summed E-state index contributed by atoms with van der Waals surface area (Å²) in [5.41, 5.74) is 1.15. The van der Waals surface area contributed by atoms with Crippen molar-refractivity contribution in [3.8, 4) is 17.6 Å². The Balaban J connectivity index is 2.06. The molecule has 0 aliphatic rings. The van der Waals surface area contributed by atoms with Crippen molar-refractivity contribution in [1.29, 1.82) is 0 Å². The normalized spacial score (nSPS) is 10.5. The topological polar surface area (TPSA) is 81.8 Å². The maximum atomic E-state index is 11.3. The molecule has 1 N–H and O–H groups in total. The molecule has 0 atom stereocenters. The van der Waals surface area contributed by atoms with Crippen LogP contribution in [0.3, 0.4) is 0 Å². The van der Waals surface area contributed by atoms with E-state index < -0.39 is 5.97 Å². The molecule has 0 bridgehead atoms. The number of carboxylic acid groups (broad SMARTS) is 1. The Morgan fingerprint density at radius 3 is 2.71 bits per heavy atom. The second-order valence-corrected chi connectivity index (χ2v) is 4.19. The minimum absolute atomic E-state index is 0.0309. The molecule has 0 fully saturated rings. The van der Waals surface area contributed by atoms with E-state index in [1.54, 1.807) is 24.3 Å². The minimum Gasteiger partial charge on any atom is -0.493 e. The zero-order valence-electron chi connectivity index (χ0n) is 11.1. The van der Waals surface area contributed by atoms with Crippen LogP contribution < -0.4 is 9.47 Å². The Labute approximate surface area is 119 Å². The van der Waals surface area contributed by atoms with Crippen molar-refractivity contribution in [2.75, 3.05) is 7.11 Å². The van der Waals surface area contributed by atoms with Crippen LogP contribution in [0.5, 0.6) is 17.6 Å². The van der Waals surface area contributed by atoms with Gasteiger partial charge in [0.05, 0.1) is 7.11 Å². The van der Waals surface area contributed by atoms with Crippen molar-refractivity contribution < 1.29 is 23.8 Å². The molecule has 1 aromatic heterocycles. The second-order valence-electron chi connectivity index (χ2n) is 4.19. The monoisotopic (exact) mass is 285 g/mol. The van der Waals surface area contributed by atoms with E-state index in [1.165, 1.54) is 13.2 Å². The number of carbonyl (C=O) groups is 1. The van der Waals surface area contributed by atoms with Crippen molar-refractivity contribution in [1.82, 2.24) is 4.98 Å². The Kier molecular flexibility index (Phi) is 3.19. The first-order valence-electron chi connectivity index (χ1n) is 6.13. The maximum Gasteiger partial charge on any atom is 0.400 e. The first-order valence-corrected chi connectivity index (χ1v) is 6.13. The van der Waals surface area contributed by atoms with Gasteiger partial charge in [-0.1, -0.05) is 18.2 Å². The van der Waals surface area contributed by atoms with Gasteiger partial charge < -0.3 is 19.0 Å². The zero-order valence-corrected chi connectivity index (χ0v) is 11.1. The lowest BCUT2D eigenvalue weighted by Crippen LogP contribution is -2.02. The van der Waals surface area contributed by atoms with E-state index in [0.29, 0.717) is 11.1 Å². The van der Waals surface area contributed by atoms with Gasteiger partial charge >= 0.3 is 12.0 Å². The van der Waals surface area contributed by atoms with Gasteiger partial charge in [-0.05, 0) is 24.3 Å². The van der Waals surface area contributed by atoms with E-state index >= 15 is 0 Å². The number of carboxylic acids is 1. The number of aromatic carboxylic acids is 1. The van der Waals surface area contributed by atoms with Gasteiger partial charge in [0.15, 0.2) is 17.1 Å². The summed E-state index contributed by atoms with van der Waals surface area (Å²) in [6.45, 7) is 0. The molecule has 0 saturated heterocycles. The summed E-state index contributed by atoms with van der Waals surface area (Å²) in [5.74, 6) is -0.781. The predicted octanol–water partition coefficient (Wildman–Crippen LogP) is 3.33. The highest BCUT2D eigenvalue weighted by atomic mass is 16.6. The number of para-hydroxylation sites is 3. The van der Waals surface area contributed by atoms with Crippen molar-refractivity contribution in [2.45, 2.75) is 0 Å². The lowest BCUT2D eigenvalue weighted by atomic mass is 10.2. The van der Waals surface area contributed by atoms with Gasteiger partial charge in [0.25, 0.3) is 0 Å². The number of methoxy groups -OCH3 is 1. The SMILES string of the molecule is COc1cccc(C(=O)O)c1Oc1nc2ccccc2o1. The summed E-state index contributed by atoms with van der Waals surface area (Å²) in [6, 6.07) is 11.7. The molecule has 2 aromatic carbocycles. The van der Waals surface area contributed by atoms with Gasteiger partial charge in [-0.3, -0.25) is 0 Å². The molecule has 0 unspecified atom stereocenters. The molecule has 6 heteroatoms. The average Bonchev–Trinajstić information content (AvgIpc) is 2.89. The summed E-state index contributed by atoms with van der Waals surface area (Å²) in [5, 5.41) is 9.22. The van der Waals surface area contributed by atoms with Crippen LogP contribution in [0.1, 0.15) is 10.4 Å². The largest absolute Gasteiger partial charge is 0.493 e. The van der Waals surface area contributed by atoms with Gasteiger partial charge in [0.1, 0.15) is 11.1 Å². The van der Waals surface area contributed by atoms with Gasteiger partial charge in [-0.15, -0.1) is 0 Å².